The van der Waals surface area contributed by atoms with Crippen molar-refractivity contribution in [2.75, 3.05) is 6.54 Å². The maximum Gasteiger partial charge on any atom is 0.475 e. The molecular formula is C19H35BN4O6. The van der Waals surface area contributed by atoms with Gasteiger partial charge in [0.2, 0.25) is 23.6 Å². The average Bonchev–Trinajstić information content (AvgIpc) is 3.17. The van der Waals surface area contributed by atoms with Gasteiger partial charge in [-0.1, -0.05) is 26.7 Å². The Morgan fingerprint density at radius 2 is 1.57 bits per heavy atom. The van der Waals surface area contributed by atoms with Crippen molar-refractivity contribution in [3.8, 4) is 0 Å². The lowest BCUT2D eigenvalue weighted by molar-refractivity contribution is -0.133. The minimum Gasteiger partial charge on any atom is -0.426 e. The summed E-state index contributed by atoms with van der Waals surface area (Å²) in [6.07, 6.45) is 4.05. The van der Waals surface area contributed by atoms with Crippen LogP contribution in [0.4, 0.5) is 0 Å². The molecule has 0 aromatic carbocycles. The van der Waals surface area contributed by atoms with Crippen LogP contribution < -0.4 is 21.3 Å². The van der Waals surface area contributed by atoms with Gasteiger partial charge in [0.1, 0.15) is 12.1 Å². The van der Waals surface area contributed by atoms with E-state index in [2.05, 4.69) is 21.3 Å². The van der Waals surface area contributed by atoms with Crippen LogP contribution in [0.3, 0.4) is 0 Å². The predicted octanol–water partition coefficient (Wildman–Crippen LogP) is -1.15. The average molecular weight is 426 g/mol. The van der Waals surface area contributed by atoms with Crippen LogP contribution in [0, 0.1) is 11.8 Å². The highest BCUT2D eigenvalue weighted by Crippen LogP contribution is 2.28. The fourth-order valence-corrected chi connectivity index (χ4v) is 3.54. The van der Waals surface area contributed by atoms with Crippen molar-refractivity contribution in [2.45, 2.75) is 77.8 Å². The standard InChI is InChI=1S/C19H35BN4O6/c1-11(2)9-15(18(27)21-10-16(26)22-12(3)20(29)30)24-19(28)17(23-13(4)25)14-7-5-6-8-14/h11-12,14-15,17,29-30H,5-10H2,1-4H3,(H,21,27)(H,22,26)(H,23,25)(H,24,28)/t12-,15-,17-/m0/s1. The van der Waals surface area contributed by atoms with Gasteiger partial charge in [-0.05, 0) is 38.0 Å². The van der Waals surface area contributed by atoms with Gasteiger partial charge in [0.05, 0.1) is 12.5 Å². The van der Waals surface area contributed by atoms with E-state index >= 15 is 0 Å². The van der Waals surface area contributed by atoms with Crippen LogP contribution in [0.5, 0.6) is 0 Å². The molecule has 6 N–H and O–H groups in total. The number of rotatable bonds is 11. The summed E-state index contributed by atoms with van der Waals surface area (Å²) in [5.41, 5.74) is 0. The minimum absolute atomic E-state index is 0.0360. The molecule has 0 aromatic rings. The number of hydrogen-bond acceptors (Lipinski definition) is 6. The van der Waals surface area contributed by atoms with Crippen molar-refractivity contribution < 1.29 is 29.2 Å². The van der Waals surface area contributed by atoms with Crippen LogP contribution in [0.15, 0.2) is 0 Å². The highest BCUT2D eigenvalue weighted by Gasteiger charge is 2.33. The van der Waals surface area contributed by atoms with Gasteiger partial charge >= 0.3 is 7.12 Å². The molecule has 3 atom stereocenters. The molecule has 1 saturated carbocycles. The van der Waals surface area contributed by atoms with E-state index < -0.39 is 42.9 Å². The van der Waals surface area contributed by atoms with Crippen molar-refractivity contribution in [2.24, 2.45) is 11.8 Å². The zero-order valence-corrected chi connectivity index (χ0v) is 18.2. The molecule has 0 saturated heterocycles. The molecule has 11 heteroatoms. The topological polar surface area (TPSA) is 157 Å². The van der Waals surface area contributed by atoms with Gasteiger partial charge in [-0.2, -0.15) is 0 Å². The summed E-state index contributed by atoms with van der Waals surface area (Å²) in [7, 11) is -1.71. The molecular weight excluding hydrogens is 391 g/mol. The number of hydrogen-bond donors (Lipinski definition) is 6. The Morgan fingerprint density at radius 3 is 2.07 bits per heavy atom. The third-order valence-corrected chi connectivity index (χ3v) is 5.11. The van der Waals surface area contributed by atoms with Crippen molar-refractivity contribution >= 4 is 30.7 Å². The molecule has 1 rings (SSSR count). The number of carbonyl (C=O) groups is 4. The van der Waals surface area contributed by atoms with Gasteiger partial charge in [-0.25, -0.2) is 0 Å². The highest BCUT2D eigenvalue weighted by molar-refractivity contribution is 6.43. The van der Waals surface area contributed by atoms with Gasteiger partial charge in [0.25, 0.3) is 0 Å². The zero-order valence-electron chi connectivity index (χ0n) is 18.2. The van der Waals surface area contributed by atoms with E-state index in [1.54, 1.807) is 0 Å². The quantitative estimate of drug-likeness (QED) is 0.229. The molecule has 1 aliphatic carbocycles. The van der Waals surface area contributed by atoms with Crippen molar-refractivity contribution in [1.29, 1.82) is 0 Å². The Kier molecular flexibility index (Phi) is 10.8. The van der Waals surface area contributed by atoms with Crippen LogP contribution >= 0.6 is 0 Å². The smallest absolute Gasteiger partial charge is 0.426 e. The van der Waals surface area contributed by atoms with E-state index in [0.29, 0.717) is 6.42 Å². The Labute approximate surface area is 178 Å². The van der Waals surface area contributed by atoms with Crippen LogP contribution in [-0.2, 0) is 19.2 Å². The van der Waals surface area contributed by atoms with E-state index in [9.17, 15) is 19.2 Å². The van der Waals surface area contributed by atoms with Gasteiger partial charge in [-0.15, -0.1) is 0 Å². The van der Waals surface area contributed by atoms with Crippen molar-refractivity contribution in [3.05, 3.63) is 0 Å². The van der Waals surface area contributed by atoms with E-state index in [-0.39, 0.29) is 24.3 Å². The van der Waals surface area contributed by atoms with Gasteiger partial charge in [0.15, 0.2) is 0 Å². The number of nitrogens with one attached hydrogen (secondary N) is 4. The first-order valence-electron chi connectivity index (χ1n) is 10.5. The summed E-state index contributed by atoms with van der Waals surface area (Å²) in [4.78, 5) is 48.9. The van der Waals surface area contributed by atoms with E-state index in [1.807, 2.05) is 13.8 Å². The molecule has 0 spiro atoms. The summed E-state index contributed by atoms with van der Waals surface area (Å²) in [6, 6.07) is -1.55. The normalized spacial score (nSPS) is 17.0. The van der Waals surface area contributed by atoms with E-state index in [1.165, 1.54) is 13.8 Å². The molecule has 30 heavy (non-hydrogen) atoms. The molecule has 0 radical (unpaired) electrons. The second kappa shape index (κ2) is 12.5. The predicted molar refractivity (Wildman–Crippen MR) is 112 cm³/mol. The molecule has 0 bridgehead atoms. The van der Waals surface area contributed by atoms with Gasteiger partial charge < -0.3 is 31.3 Å². The summed E-state index contributed by atoms with van der Waals surface area (Å²) in [5.74, 6) is -2.55. The fraction of sp³-hybridized carbons (Fsp3) is 0.789. The third kappa shape index (κ3) is 9.12. The van der Waals surface area contributed by atoms with Crippen molar-refractivity contribution in [3.63, 3.8) is 0 Å². The molecule has 170 valence electrons. The molecule has 0 aromatic heterocycles. The summed E-state index contributed by atoms with van der Waals surface area (Å²) < 4.78 is 0. The Bertz CT molecular complexity index is 610. The molecule has 0 aliphatic heterocycles. The second-order valence-corrected chi connectivity index (χ2v) is 8.40. The van der Waals surface area contributed by atoms with Crippen molar-refractivity contribution in [1.82, 2.24) is 21.3 Å². The van der Waals surface area contributed by atoms with Gasteiger partial charge in [0, 0.05) is 6.92 Å². The molecule has 4 amide bonds. The minimum atomic E-state index is -1.71. The highest BCUT2D eigenvalue weighted by atomic mass is 16.4. The summed E-state index contributed by atoms with van der Waals surface area (Å²) in [5, 5.41) is 28.3. The molecule has 0 unspecified atom stereocenters. The Balaban J connectivity index is 2.74. The fourth-order valence-electron chi connectivity index (χ4n) is 3.54. The molecule has 1 aliphatic rings. The van der Waals surface area contributed by atoms with Crippen LogP contribution in [-0.4, -0.2) is 65.4 Å². The molecule has 0 heterocycles. The first kappa shape index (κ1) is 25.9. The van der Waals surface area contributed by atoms with Crippen LogP contribution in [0.1, 0.15) is 59.8 Å². The number of carbonyl (C=O) groups excluding carboxylic acids is 4. The number of amides is 4. The maximum atomic E-state index is 12.9. The first-order valence-corrected chi connectivity index (χ1v) is 10.5. The Hall–Kier alpha value is -2.14. The zero-order chi connectivity index (χ0) is 22.8. The maximum absolute atomic E-state index is 12.9. The summed E-state index contributed by atoms with van der Waals surface area (Å²) >= 11 is 0. The molecule has 1 fully saturated rings. The second-order valence-electron chi connectivity index (χ2n) is 8.40. The lowest BCUT2D eigenvalue weighted by atomic mass is 9.81. The van der Waals surface area contributed by atoms with Gasteiger partial charge in [-0.3, -0.25) is 19.2 Å². The van der Waals surface area contributed by atoms with Crippen LogP contribution in [0.25, 0.3) is 0 Å². The third-order valence-electron chi connectivity index (χ3n) is 5.11. The summed E-state index contributed by atoms with van der Waals surface area (Å²) in [6.45, 7) is 6.23. The lowest BCUT2D eigenvalue weighted by Crippen LogP contribution is -2.56. The van der Waals surface area contributed by atoms with E-state index in [0.717, 1.165) is 25.7 Å². The van der Waals surface area contributed by atoms with E-state index in [4.69, 9.17) is 10.0 Å². The van der Waals surface area contributed by atoms with Crippen LogP contribution in [0.2, 0.25) is 0 Å². The lowest BCUT2D eigenvalue weighted by Gasteiger charge is -2.27. The first-order chi connectivity index (χ1) is 14.0. The molecule has 10 nitrogen and oxygen atoms in total. The Morgan fingerprint density at radius 1 is 0.967 bits per heavy atom. The largest absolute Gasteiger partial charge is 0.475 e. The SMILES string of the molecule is CC(=O)N[C@H](C(=O)N[C@@H](CC(C)C)C(=O)NCC(=O)N[C@@H](C)B(O)O)C1CCCC1. The monoisotopic (exact) mass is 426 g/mol.